The number of amides is 1. The molecule has 0 saturated heterocycles. The van der Waals surface area contributed by atoms with Crippen molar-refractivity contribution in [2.24, 2.45) is 0 Å². The van der Waals surface area contributed by atoms with Gasteiger partial charge in [0.1, 0.15) is 0 Å². The van der Waals surface area contributed by atoms with Crippen molar-refractivity contribution in [2.75, 3.05) is 13.3 Å². The molecule has 0 fully saturated rings. The van der Waals surface area contributed by atoms with Crippen LogP contribution >= 0.6 is 0 Å². The van der Waals surface area contributed by atoms with Crippen molar-refractivity contribution in [1.29, 1.82) is 0 Å². The molecule has 1 N–H and O–H groups in total. The summed E-state index contributed by atoms with van der Waals surface area (Å²) in [5.41, 5.74) is 5.28. The first kappa shape index (κ1) is 18.8. The normalized spacial score (nSPS) is 12.5. The first-order valence-corrected chi connectivity index (χ1v) is 9.57. The average Bonchev–Trinajstić information content (AvgIpc) is 3.30. The lowest BCUT2D eigenvalue weighted by Crippen LogP contribution is -2.26. The van der Waals surface area contributed by atoms with Gasteiger partial charge in [-0.1, -0.05) is 36.4 Å². The molecule has 0 bridgehead atoms. The monoisotopic (exact) mass is 389 g/mol. The van der Waals surface area contributed by atoms with Crippen LogP contribution in [0.1, 0.15) is 17.0 Å². The Hall–Kier alpha value is -3.54. The van der Waals surface area contributed by atoms with E-state index >= 15 is 0 Å². The summed E-state index contributed by atoms with van der Waals surface area (Å²) < 4.78 is 12.6. The SMILES string of the molecule is Cc1nn(CCNC(=O)/C=C/c2ccc3c(c2)OCO3)c(C)c1-c1ccccc1. The fourth-order valence-electron chi connectivity index (χ4n) is 3.47. The molecule has 0 aliphatic carbocycles. The van der Waals surface area contributed by atoms with Crippen LogP contribution in [0.2, 0.25) is 0 Å². The molecule has 1 amide bonds. The zero-order valence-electron chi connectivity index (χ0n) is 16.5. The van der Waals surface area contributed by atoms with E-state index in [9.17, 15) is 4.79 Å². The molecule has 3 aromatic rings. The maximum absolute atomic E-state index is 12.1. The molecule has 2 aromatic carbocycles. The number of carbonyl (C=O) groups excluding carboxylic acids is 1. The number of nitrogens with one attached hydrogen (secondary N) is 1. The van der Waals surface area contributed by atoms with Gasteiger partial charge in [0.15, 0.2) is 11.5 Å². The first-order chi connectivity index (χ1) is 14.1. The van der Waals surface area contributed by atoms with Gasteiger partial charge in [0.05, 0.1) is 12.2 Å². The standard InChI is InChI=1S/C23H23N3O3/c1-16-23(19-6-4-3-5-7-19)17(2)26(25-16)13-12-24-22(27)11-9-18-8-10-20-21(14-18)29-15-28-20/h3-11,14H,12-13,15H2,1-2H3,(H,24,27)/b11-9+. The zero-order chi connectivity index (χ0) is 20.2. The molecule has 0 radical (unpaired) electrons. The van der Waals surface area contributed by atoms with Crippen molar-refractivity contribution in [1.82, 2.24) is 15.1 Å². The van der Waals surface area contributed by atoms with E-state index in [1.165, 1.54) is 6.08 Å². The molecule has 148 valence electrons. The lowest BCUT2D eigenvalue weighted by atomic mass is 10.0. The van der Waals surface area contributed by atoms with Gasteiger partial charge in [0.2, 0.25) is 12.7 Å². The summed E-state index contributed by atoms with van der Waals surface area (Å²) in [5, 5.41) is 7.54. The van der Waals surface area contributed by atoms with Gasteiger partial charge in [-0.3, -0.25) is 9.48 Å². The Morgan fingerprint density at radius 3 is 2.76 bits per heavy atom. The topological polar surface area (TPSA) is 65.4 Å². The van der Waals surface area contributed by atoms with Crippen molar-refractivity contribution in [3.63, 3.8) is 0 Å². The van der Waals surface area contributed by atoms with Crippen LogP contribution < -0.4 is 14.8 Å². The van der Waals surface area contributed by atoms with E-state index in [2.05, 4.69) is 29.5 Å². The van der Waals surface area contributed by atoms with E-state index in [-0.39, 0.29) is 12.7 Å². The molecule has 4 rings (SSSR count). The van der Waals surface area contributed by atoms with Crippen LogP contribution in [-0.4, -0.2) is 29.0 Å². The summed E-state index contributed by atoms with van der Waals surface area (Å²) in [5.74, 6) is 1.28. The van der Waals surface area contributed by atoms with E-state index in [0.29, 0.717) is 18.8 Å². The van der Waals surface area contributed by atoms with Crippen LogP contribution in [0.25, 0.3) is 17.2 Å². The van der Waals surface area contributed by atoms with E-state index in [4.69, 9.17) is 9.47 Å². The lowest BCUT2D eigenvalue weighted by Gasteiger charge is -2.06. The second kappa shape index (κ2) is 8.22. The molecule has 0 unspecified atom stereocenters. The summed E-state index contributed by atoms with van der Waals surface area (Å²) >= 11 is 0. The second-order valence-electron chi connectivity index (χ2n) is 6.87. The van der Waals surface area contributed by atoms with Crippen LogP contribution in [-0.2, 0) is 11.3 Å². The maximum Gasteiger partial charge on any atom is 0.244 e. The predicted octanol–water partition coefficient (Wildman–Crippen LogP) is 3.73. The Morgan fingerprint density at radius 2 is 1.93 bits per heavy atom. The van der Waals surface area contributed by atoms with E-state index in [0.717, 1.165) is 33.8 Å². The second-order valence-corrected chi connectivity index (χ2v) is 6.87. The Kier molecular flexibility index (Phi) is 5.33. The number of ether oxygens (including phenoxy) is 2. The maximum atomic E-state index is 12.1. The van der Waals surface area contributed by atoms with Gasteiger partial charge in [-0.05, 0) is 43.2 Å². The summed E-state index contributed by atoms with van der Waals surface area (Å²) in [6.07, 6.45) is 3.28. The predicted molar refractivity (Wildman–Crippen MR) is 112 cm³/mol. The minimum atomic E-state index is -0.146. The minimum absolute atomic E-state index is 0.146. The van der Waals surface area contributed by atoms with Crippen molar-refractivity contribution in [3.05, 3.63) is 71.6 Å². The molecular formula is C23H23N3O3. The number of hydrogen-bond acceptors (Lipinski definition) is 4. The van der Waals surface area contributed by atoms with Crippen LogP contribution in [0, 0.1) is 13.8 Å². The lowest BCUT2D eigenvalue weighted by molar-refractivity contribution is -0.116. The van der Waals surface area contributed by atoms with Crippen molar-refractivity contribution >= 4 is 12.0 Å². The number of aryl methyl sites for hydroxylation is 1. The van der Waals surface area contributed by atoms with E-state index < -0.39 is 0 Å². The highest BCUT2D eigenvalue weighted by molar-refractivity contribution is 5.91. The number of rotatable bonds is 6. The fourth-order valence-corrected chi connectivity index (χ4v) is 3.47. The van der Waals surface area contributed by atoms with Gasteiger partial charge in [-0.15, -0.1) is 0 Å². The summed E-state index contributed by atoms with van der Waals surface area (Å²) in [6, 6.07) is 15.8. The van der Waals surface area contributed by atoms with Crippen molar-refractivity contribution in [2.45, 2.75) is 20.4 Å². The quantitative estimate of drug-likeness (QED) is 0.653. The van der Waals surface area contributed by atoms with Crippen molar-refractivity contribution in [3.8, 4) is 22.6 Å². The average molecular weight is 389 g/mol. The van der Waals surface area contributed by atoms with Crippen LogP contribution in [0.15, 0.2) is 54.6 Å². The van der Waals surface area contributed by atoms with Crippen LogP contribution in [0.5, 0.6) is 11.5 Å². The third-order valence-corrected chi connectivity index (χ3v) is 4.89. The molecular weight excluding hydrogens is 366 g/mol. The number of carbonyl (C=O) groups is 1. The number of fused-ring (bicyclic) bond motifs is 1. The molecule has 1 aromatic heterocycles. The molecule has 2 heterocycles. The highest BCUT2D eigenvalue weighted by Crippen LogP contribution is 2.32. The Bertz CT molecular complexity index is 1050. The summed E-state index contributed by atoms with van der Waals surface area (Å²) in [6.45, 7) is 5.42. The number of nitrogens with zero attached hydrogens (tertiary/aromatic N) is 2. The smallest absolute Gasteiger partial charge is 0.244 e. The van der Waals surface area contributed by atoms with E-state index in [1.807, 2.05) is 48.0 Å². The molecule has 6 heteroatoms. The third-order valence-electron chi connectivity index (χ3n) is 4.89. The third kappa shape index (κ3) is 4.16. The van der Waals surface area contributed by atoms with E-state index in [1.54, 1.807) is 6.08 Å². The van der Waals surface area contributed by atoms with Gasteiger partial charge in [0, 0.05) is 23.9 Å². The van der Waals surface area contributed by atoms with Crippen molar-refractivity contribution < 1.29 is 14.3 Å². The number of benzene rings is 2. The molecule has 0 spiro atoms. The minimum Gasteiger partial charge on any atom is -0.454 e. The number of hydrogen-bond donors (Lipinski definition) is 1. The molecule has 1 aliphatic heterocycles. The molecule has 1 aliphatic rings. The van der Waals surface area contributed by atoms with Crippen LogP contribution in [0.3, 0.4) is 0 Å². The fraction of sp³-hybridized carbons (Fsp3) is 0.217. The Balaban J connectivity index is 1.34. The van der Waals surface area contributed by atoms with Gasteiger partial charge in [0.25, 0.3) is 0 Å². The van der Waals surface area contributed by atoms with Gasteiger partial charge < -0.3 is 14.8 Å². The van der Waals surface area contributed by atoms with Gasteiger partial charge in [-0.2, -0.15) is 5.10 Å². The Labute approximate surface area is 169 Å². The molecule has 0 saturated carbocycles. The van der Waals surface area contributed by atoms with Crippen LogP contribution in [0.4, 0.5) is 0 Å². The Morgan fingerprint density at radius 1 is 1.14 bits per heavy atom. The largest absolute Gasteiger partial charge is 0.454 e. The highest BCUT2D eigenvalue weighted by Gasteiger charge is 2.13. The van der Waals surface area contributed by atoms with Gasteiger partial charge >= 0.3 is 0 Å². The summed E-state index contributed by atoms with van der Waals surface area (Å²) in [7, 11) is 0. The zero-order valence-corrected chi connectivity index (χ0v) is 16.5. The molecule has 29 heavy (non-hydrogen) atoms. The highest BCUT2D eigenvalue weighted by atomic mass is 16.7. The van der Waals surface area contributed by atoms with Gasteiger partial charge in [-0.25, -0.2) is 0 Å². The molecule has 6 nitrogen and oxygen atoms in total. The first-order valence-electron chi connectivity index (χ1n) is 9.57. The number of aromatic nitrogens is 2. The summed E-state index contributed by atoms with van der Waals surface area (Å²) in [4.78, 5) is 12.1. The molecule has 0 atom stereocenters.